The lowest BCUT2D eigenvalue weighted by atomic mass is 9.94. The SMILES string of the molecule is O=C(O)c1c(F)c(F)c(C(C(F)(F)F)C(F)(F)F)c(F)c1F. The number of carbonyl (C=O) groups is 1. The molecule has 0 aliphatic carbocycles. The number of benzene rings is 1. The molecule has 0 saturated carbocycles. The van der Waals surface area contributed by atoms with Gasteiger partial charge in [0.2, 0.25) is 0 Å². The highest BCUT2D eigenvalue weighted by molar-refractivity contribution is 5.88. The second-order valence-electron chi connectivity index (χ2n) is 3.87. The number of alkyl halides is 6. The first-order chi connectivity index (χ1) is 9.71. The Morgan fingerprint density at radius 1 is 0.773 bits per heavy atom. The minimum atomic E-state index is -6.33. The molecule has 0 unspecified atom stereocenters. The molecule has 0 spiro atoms. The van der Waals surface area contributed by atoms with Crippen LogP contribution in [0.25, 0.3) is 0 Å². The van der Waals surface area contributed by atoms with Gasteiger partial charge in [-0.3, -0.25) is 0 Å². The topological polar surface area (TPSA) is 37.3 Å². The third-order valence-corrected chi connectivity index (χ3v) is 2.45. The van der Waals surface area contributed by atoms with Gasteiger partial charge in [0, 0.05) is 0 Å². The standard InChI is InChI=1S/C10H2F10O2/c11-3-1(7(9(15,16)17)10(18,19)20)4(12)6(14)2(5(3)13)8(21)22/h7H,(H,21,22). The van der Waals surface area contributed by atoms with E-state index >= 15 is 0 Å². The zero-order chi connectivity index (χ0) is 17.6. The fourth-order valence-electron chi connectivity index (χ4n) is 1.60. The van der Waals surface area contributed by atoms with Crippen LogP contribution in [0.5, 0.6) is 0 Å². The Kier molecular flexibility index (Phi) is 4.36. The van der Waals surface area contributed by atoms with Crippen LogP contribution in [-0.4, -0.2) is 23.4 Å². The second-order valence-corrected chi connectivity index (χ2v) is 3.87. The summed E-state index contributed by atoms with van der Waals surface area (Å²) in [6.45, 7) is 0. The molecular formula is C10H2F10O2. The summed E-state index contributed by atoms with van der Waals surface area (Å²) in [5, 5.41) is 8.29. The van der Waals surface area contributed by atoms with Crippen molar-refractivity contribution < 1.29 is 53.8 Å². The molecule has 12 heteroatoms. The number of rotatable bonds is 2. The zero-order valence-electron chi connectivity index (χ0n) is 9.71. The second kappa shape index (κ2) is 5.32. The van der Waals surface area contributed by atoms with Gasteiger partial charge >= 0.3 is 18.3 Å². The molecule has 0 atom stereocenters. The Labute approximate surface area is 114 Å². The molecule has 1 rings (SSSR count). The summed E-state index contributed by atoms with van der Waals surface area (Å²) in [5.41, 5.74) is -5.35. The molecule has 124 valence electrons. The highest BCUT2D eigenvalue weighted by atomic mass is 19.4. The van der Waals surface area contributed by atoms with E-state index in [1.54, 1.807) is 0 Å². The summed E-state index contributed by atoms with van der Waals surface area (Å²) in [6, 6.07) is 0. The average Bonchev–Trinajstić information content (AvgIpc) is 2.28. The molecule has 1 N–H and O–H groups in total. The van der Waals surface area contributed by atoms with Crippen molar-refractivity contribution in [2.75, 3.05) is 0 Å². The fraction of sp³-hybridized carbons (Fsp3) is 0.300. The van der Waals surface area contributed by atoms with Gasteiger partial charge in [-0.05, 0) is 0 Å². The van der Waals surface area contributed by atoms with Crippen molar-refractivity contribution in [2.45, 2.75) is 18.3 Å². The molecule has 0 bridgehead atoms. The highest BCUT2D eigenvalue weighted by Gasteiger charge is 2.60. The van der Waals surface area contributed by atoms with E-state index in [2.05, 4.69) is 0 Å². The first kappa shape index (κ1) is 18.0. The summed E-state index contributed by atoms with van der Waals surface area (Å²) >= 11 is 0. The van der Waals surface area contributed by atoms with Crippen molar-refractivity contribution in [3.8, 4) is 0 Å². The molecule has 1 aromatic rings. The van der Waals surface area contributed by atoms with E-state index in [0.717, 1.165) is 0 Å². The maximum absolute atomic E-state index is 13.3. The Morgan fingerprint density at radius 3 is 1.32 bits per heavy atom. The van der Waals surface area contributed by atoms with Crippen molar-refractivity contribution in [3.63, 3.8) is 0 Å². The van der Waals surface area contributed by atoms with Gasteiger partial charge in [-0.25, -0.2) is 22.4 Å². The summed E-state index contributed by atoms with van der Waals surface area (Å²) in [7, 11) is 0. The molecule has 0 fully saturated rings. The van der Waals surface area contributed by atoms with Crippen molar-refractivity contribution in [1.29, 1.82) is 0 Å². The first-order valence-corrected chi connectivity index (χ1v) is 4.93. The molecule has 0 aliphatic rings. The first-order valence-electron chi connectivity index (χ1n) is 4.93. The van der Waals surface area contributed by atoms with E-state index in [-0.39, 0.29) is 0 Å². The van der Waals surface area contributed by atoms with Crippen LogP contribution in [0.2, 0.25) is 0 Å². The van der Waals surface area contributed by atoms with Crippen molar-refractivity contribution in [3.05, 3.63) is 34.4 Å². The van der Waals surface area contributed by atoms with Crippen molar-refractivity contribution >= 4 is 5.97 Å². The van der Waals surface area contributed by atoms with Crippen LogP contribution in [0.1, 0.15) is 21.8 Å². The molecule has 0 aliphatic heterocycles. The molecule has 0 aromatic heterocycles. The third kappa shape index (κ3) is 2.95. The minimum Gasteiger partial charge on any atom is -0.477 e. The lowest BCUT2D eigenvalue weighted by Crippen LogP contribution is -2.36. The van der Waals surface area contributed by atoms with Crippen LogP contribution in [0.3, 0.4) is 0 Å². The molecule has 0 saturated heterocycles. The lowest BCUT2D eigenvalue weighted by Gasteiger charge is -2.24. The van der Waals surface area contributed by atoms with Gasteiger partial charge in [0.1, 0.15) is 5.56 Å². The van der Waals surface area contributed by atoms with Crippen molar-refractivity contribution in [1.82, 2.24) is 0 Å². The summed E-state index contributed by atoms with van der Waals surface area (Å²) in [5.74, 6) is -19.4. The van der Waals surface area contributed by atoms with Crippen LogP contribution >= 0.6 is 0 Å². The molecule has 0 radical (unpaired) electrons. The van der Waals surface area contributed by atoms with Crippen LogP contribution < -0.4 is 0 Å². The largest absolute Gasteiger partial charge is 0.477 e. The van der Waals surface area contributed by atoms with E-state index < -0.39 is 58.6 Å². The Morgan fingerprint density at radius 2 is 1.09 bits per heavy atom. The van der Waals surface area contributed by atoms with Gasteiger partial charge < -0.3 is 5.11 Å². The average molecular weight is 344 g/mol. The predicted octanol–water partition coefficient (Wildman–Crippen LogP) is 4.15. The normalized spacial score (nSPS) is 12.9. The Bertz CT molecular complexity index is 573. The number of hydrogen-bond donors (Lipinski definition) is 1. The van der Waals surface area contributed by atoms with E-state index in [0.29, 0.717) is 0 Å². The smallest absolute Gasteiger partial charge is 0.404 e. The number of aromatic carboxylic acids is 1. The van der Waals surface area contributed by atoms with Crippen LogP contribution in [0.15, 0.2) is 0 Å². The Hall–Kier alpha value is -2.01. The molecular weight excluding hydrogens is 342 g/mol. The maximum atomic E-state index is 13.3. The third-order valence-electron chi connectivity index (χ3n) is 2.45. The maximum Gasteiger partial charge on any atom is 0.404 e. The minimum absolute atomic E-state index is 2.35. The number of carboxylic acids is 1. The quantitative estimate of drug-likeness (QED) is 0.647. The molecule has 0 heterocycles. The zero-order valence-corrected chi connectivity index (χ0v) is 9.71. The van der Waals surface area contributed by atoms with Crippen LogP contribution in [-0.2, 0) is 0 Å². The molecule has 1 aromatic carbocycles. The predicted molar refractivity (Wildman–Crippen MR) is 48.1 cm³/mol. The molecule has 22 heavy (non-hydrogen) atoms. The number of halogens is 10. The van der Waals surface area contributed by atoms with Gasteiger partial charge in [-0.2, -0.15) is 26.3 Å². The summed E-state index contributed by atoms with van der Waals surface area (Å²) < 4.78 is 127. The van der Waals surface area contributed by atoms with Gasteiger partial charge in [0.25, 0.3) is 0 Å². The van der Waals surface area contributed by atoms with Gasteiger partial charge in [0.05, 0.1) is 5.56 Å². The van der Waals surface area contributed by atoms with Crippen molar-refractivity contribution in [2.24, 2.45) is 0 Å². The van der Waals surface area contributed by atoms with Gasteiger partial charge in [-0.15, -0.1) is 0 Å². The van der Waals surface area contributed by atoms with Gasteiger partial charge in [0.15, 0.2) is 29.2 Å². The van der Waals surface area contributed by atoms with E-state index in [4.69, 9.17) is 5.11 Å². The number of hydrogen-bond acceptors (Lipinski definition) is 1. The summed E-state index contributed by atoms with van der Waals surface area (Å²) in [4.78, 5) is 10.4. The lowest BCUT2D eigenvalue weighted by molar-refractivity contribution is -0.255. The summed E-state index contributed by atoms with van der Waals surface area (Å²) in [6.07, 6.45) is -12.7. The molecule has 2 nitrogen and oxygen atoms in total. The molecule has 0 amide bonds. The number of carboxylic acid groups (broad SMARTS) is 1. The van der Waals surface area contributed by atoms with Crippen LogP contribution in [0, 0.1) is 23.3 Å². The van der Waals surface area contributed by atoms with Gasteiger partial charge in [-0.1, -0.05) is 0 Å². The fourth-order valence-corrected chi connectivity index (χ4v) is 1.60. The van der Waals surface area contributed by atoms with E-state index in [1.165, 1.54) is 0 Å². The highest BCUT2D eigenvalue weighted by Crippen LogP contribution is 2.48. The van der Waals surface area contributed by atoms with E-state index in [1.807, 2.05) is 0 Å². The Balaban J connectivity index is 3.86. The monoisotopic (exact) mass is 344 g/mol. The van der Waals surface area contributed by atoms with Crippen LogP contribution in [0.4, 0.5) is 43.9 Å². The van der Waals surface area contributed by atoms with E-state index in [9.17, 15) is 48.7 Å².